The molecule has 1 saturated heterocycles. The van der Waals surface area contributed by atoms with E-state index in [9.17, 15) is 4.79 Å². The van der Waals surface area contributed by atoms with Crippen LogP contribution in [-0.2, 0) is 10.2 Å². The number of benzene rings is 1. The van der Waals surface area contributed by atoms with Crippen LogP contribution >= 0.6 is 11.3 Å². The van der Waals surface area contributed by atoms with Crippen LogP contribution in [0.5, 0.6) is 0 Å². The Hall–Kier alpha value is -2.27. The van der Waals surface area contributed by atoms with Gasteiger partial charge >= 0.3 is 0 Å². The predicted molar refractivity (Wildman–Crippen MR) is 114 cm³/mol. The number of Topliss-reactive ketones (excluding diaryl/α,β-unsaturated/α-hetero) is 1. The molecule has 0 radical (unpaired) electrons. The molecule has 0 N–H and O–H groups in total. The highest BCUT2D eigenvalue weighted by Crippen LogP contribution is 2.51. The normalized spacial score (nSPS) is 20.6. The summed E-state index contributed by atoms with van der Waals surface area (Å²) in [5.74, 6) is 0.374. The molecule has 2 aliphatic rings. The standard InChI is InChI=1S/C23H25N3OS/c1-15-13-20-21(24-16(15)2)25-22(28-20)26-12-6-9-18(26)19(27)14-23(10-11-23)17-7-4-3-5-8-17/h3-5,7-8,13,18H,6,9-12,14H2,1-2H3/t18-/m1/s1. The summed E-state index contributed by atoms with van der Waals surface area (Å²) in [7, 11) is 0. The Morgan fingerprint density at radius 3 is 2.75 bits per heavy atom. The van der Waals surface area contributed by atoms with E-state index < -0.39 is 0 Å². The Kier molecular flexibility index (Phi) is 4.23. The smallest absolute Gasteiger partial charge is 0.188 e. The molecular formula is C23H25N3OS. The molecule has 28 heavy (non-hydrogen) atoms. The molecule has 4 nitrogen and oxygen atoms in total. The van der Waals surface area contributed by atoms with Gasteiger partial charge in [0.05, 0.1) is 10.7 Å². The molecule has 2 fully saturated rings. The highest BCUT2D eigenvalue weighted by Gasteiger charge is 2.47. The van der Waals surface area contributed by atoms with Gasteiger partial charge in [-0.15, -0.1) is 0 Å². The maximum Gasteiger partial charge on any atom is 0.188 e. The van der Waals surface area contributed by atoms with Crippen molar-refractivity contribution in [1.82, 2.24) is 9.97 Å². The number of hydrogen-bond acceptors (Lipinski definition) is 5. The first-order valence-corrected chi connectivity index (χ1v) is 11.0. The molecule has 1 atom stereocenters. The number of carbonyl (C=O) groups excluding carboxylic acids is 1. The largest absolute Gasteiger partial charge is 0.338 e. The maximum absolute atomic E-state index is 13.3. The zero-order valence-electron chi connectivity index (χ0n) is 16.4. The molecule has 144 valence electrons. The number of ketones is 1. The van der Waals surface area contributed by atoms with Gasteiger partial charge in [-0.05, 0) is 56.7 Å². The van der Waals surface area contributed by atoms with E-state index in [0.29, 0.717) is 12.2 Å². The van der Waals surface area contributed by atoms with E-state index >= 15 is 0 Å². The van der Waals surface area contributed by atoms with Crippen LogP contribution in [0.1, 0.15) is 48.9 Å². The second-order valence-electron chi connectivity index (χ2n) is 8.35. The quantitative estimate of drug-likeness (QED) is 0.616. The van der Waals surface area contributed by atoms with E-state index in [1.807, 2.05) is 13.0 Å². The van der Waals surface area contributed by atoms with Crippen LogP contribution in [0.15, 0.2) is 36.4 Å². The molecule has 2 aromatic heterocycles. The fourth-order valence-corrected chi connectivity index (χ4v) is 5.53. The monoisotopic (exact) mass is 391 g/mol. The fraction of sp³-hybridized carbons (Fsp3) is 0.435. The summed E-state index contributed by atoms with van der Waals surface area (Å²) in [6.07, 6.45) is 4.89. The number of aromatic nitrogens is 2. The van der Waals surface area contributed by atoms with Gasteiger partial charge in [-0.2, -0.15) is 4.98 Å². The zero-order chi connectivity index (χ0) is 19.3. The van der Waals surface area contributed by atoms with Crippen LogP contribution in [0.4, 0.5) is 5.13 Å². The minimum atomic E-state index is -0.0380. The van der Waals surface area contributed by atoms with Crippen molar-refractivity contribution in [2.24, 2.45) is 0 Å². The van der Waals surface area contributed by atoms with E-state index in [2.05, 4.69) is 47.1 Å². The average Bonchev–Trinajstić information content (AvgIpc) is 3.13. The number of rotatable bonds is 5. The van der Waals surface area contributed by atoms with Crippen molar-refractivity contribution in [3.8, 4) is 0 Å². The van der Waals surface area contributed by atoms with Crippen LogP contribution in [-0.4, -0.2) is 28.3 Å². The lowest BCUT2D eigenvalue weighted by molar-refractivity contribution is -0.120. The predicted octanol–water partition coefficient (Wildman–Crippen LogP) is 4.97. The van der Waals surface area contributed by atoms with E-state index in [4.69, 9.17) is 4.98 Å². The first-order chi connectivity index (χ1) is 13.6. The maximum atomic E-state index is 13.3. The summed E-state index contributed by atoms with van der Waals surface area (Å²) in [6.45, 7) is 5.02. The molecule has 0 bridgehead atoms. The summed E-state index contributed by atoms with van der Waals surface area (Å²) in [6, 6.07) is 12.7. The number of nitrogens with zero attached hydrogens (tertiary/aromatic N) is 3. The van der Waals surface area contributed by atoms with E-state index in [0.717, 1.165) is 53.4 Å². The molecule has 5 heteroatoms. The number of hydrogen-bond donors (Lipinski definition) is 0. The van der Waals surface area contributed by atoms with Crippen LogP contribution in [0.25, 0.3) is 10.3 Å². The Morgan fingerprint density at radius 1 is 1.21 bits per heavy atom. The third-order valence-electron chi connectivity index (χ3n) is 6.44. The Labute approximate surface area is 169 Å². The first-order valence-electron chi connectivity index (χ1n) is 10.2. The first kappa shape index (κ1) is 17.8. The second kappa shape index (κ2) is 6.66. The highest BCUT2D eigenvalue weighted by atomic mass is 32.1. The summed E-state index contributed by atoms with van der Waals surface area (Å²) in [5.41, 5.74) is 4.43. The molecule has 1 aliphatic carbocycles. The lowest BCUT2D eigenvalue weighted by Crippen LogP contribution is -2.37. The number of carbonyl (C=O) groups is 1. The number of pyridine rings is 1. The van der Waals surface area contributed by atoms with Gasteiger partial charge < -0.3 is 4.90 Å². The molecule has 1 saturated carbocycles. The van der Waals surface area contributed by atoms with Gasteiger partial charge in [0.1, 0.15) is 0 Å². The average molecular weight is 392 g/mol. The number of anilines is 1. The lowest BCUT2D eigenvalue weighted by atomic mass is 9.88. The van der Waals surface area contributed by atoms with Gasteiger partial charge in [-0.3, -0.25) is 4.79 Å². The van der Waals surface area contributed by atoms with Crippen LogP contribution in [0, 0.1) is 13.8 Å². The fourth-order valence-electron chi connectivity index (χ4n) is 4.45. The van der Waals surface area contributed by atoms with Crippen LogP contribution in [0.2, 0.25) is 0 Å². The minimum Gasteiger partial charge on any atom is -0.338 e. The molecule has 0 amide bonds. The van der Waals surface area contributed by atoms with E-state index in [1.165, 1.54) is 11.1 Å². The van der Waals surface area contributed by atoms with Gasteiger partial charge in [-0.1, -0.05) is 41.7 Å². The Balaban J connectivity index is 1.39. The molecule has 0 spiro atoms. The topological polar surface area (TPSA) is 46.1 Å². The summed E-state index contributed by atoms with van der Waals surface area (Å²) in [4.78, 5) is 25.0. The SMILES string of the molecule is Cc1cc2sc(N3CCC[C@@H]3C(=O)CC3(c4ccccc4)CC3)nc2nc1C. The van der Waals surface area contributed by atoms with E-state index in [-0.39, 0.29) is 11.5 Å². The third kappa shape index (κ3) is 3.02. The van der Waals surface area contributed by atoms with Gasteiger partial charge in [0, 0.05) is 24.1 Å². The molecule has 3 heterocycles. The third-order valence-corrected chi connectivity index (χ3v) is 7.47. The molecular weight excluding hydrogens is 366 g/mol. The van der Waals surface area contributed by atoms with Gasteiger partial charge in [0.15, 0.2) is 16.6 Å². The summed E-state index contributed by atoms with van der Waals surface area (Å²) >= 11 is 1.67. The van der Waals surface area contributed by atoms with Crippen molar-refractivity contribution in [2.75, 3.05) is 11.4 Å². The lowest BCUT2D eigenvalue weighted by Gasteiger charge is -2.25. The van der Waals surface area contributed by atoms with Crippen LogP contribution < -0.4 is 4.90 Å². The molecule has 0 unspecified atom stereocenters. The molecule has 1 aromatic carbocycles. The van der Waals surface area contributed by atoms with Crippen LogP contribution in [0.3, 0.4) is 0 Å². The van der Waals surface area contributed by atoms with Crippen molar-refractivity contribution in [3.63, 3.8) is 0 Å². The molecule has 1 aliphatic heterocycles. The Morgan fingerprint density at radius 2 is 2.00 bits per heavy atom. The number of fused-ring (bicyclic) bond motifs is 1. The molecule has 5 rings (SSSR count). The number of thiazole rings is 1. The van der Waals surface area contributed by atoms with Gasteiger partial charge in [0.25, 0.3) is 0 Å². The van der Waals surface area contributed by atoms with E-state index in [1.54, 1.807) is 11.3 Å². The van der Waals surface area contributed by atoms with Gasteiger partial charge in [0.2, 0.25) is 0 Å². The van der Waals surface area contributed by atoms with Gasteiger partial charge in [-0.25, -0.2) is 4.98 Å². The minimum absolute atomic E-state index is 0.0380. The van der Waals surface area contributed by atoms with Crippen molar-refractivity contribution < 1.29 is 4.79 Å². The highest BCUT2D eigenvalue weighted by molar-refractivity contribution is 7.22. The summed E-state index contributed by atoms with van der Waals surface area (Å²) < 4.78 is 1.11. The van der Waals surface area contributed by atoms with Crippen molar-refractivity contribution >= 4 is 32.6 Å². The van der Waals surface area contributed by atoms with Crippen molar-refractivity contribution in [1.29, 1.82) is 0 Å². The van der Waals surface area contributed by atoms with Crippen molar-refractivity contribution in [2.45, 2.75) is 57.4 Å². The Bertz CT molecular complexity index is 1000. The zero-order valence-corrected chi connectivity index (χ0v) is 17.3. The number of aryl methyl sites for hydroxylation is 2. The second-order valence-corrected chi connectivity index (χ2v) is 9.36. The molecule has 3 aromatic rings. The summed E-state index contributed by atoms with van der Waals surface area (Å²) in [5, 5.41) is 0.952. The van der Waals surface area contributed by atoms with Crippen molar-refractivity contribution in [3.05, 3.63) is 53.2 Å².